The maximum Gasteiger partial charge on any atom is 0.330 e. The van der Waals surface area contributed by atoms with E-state index in [1.54, 1.807) is 0 Å². The molecule has 0 aromatic rings. The van der Waals surface area contributed by atoms with Gasteiger partial charge < -0.3 is 21.5 Å². The third kappa shape index (κ3) is 15.6. The van der Waals surface area contributed by atoms with Crippen molar-refractivity contribution in [3.63, 3.8) is 0 Å². The summed E-state index contributed by atoms with van der Waals surface area (Å²) in [5.74, 6) is -1.29. The van der Waals surface area contributed by atoms with Gasteiger partial charge in [0.15, 0.2) is 5.96 Å². The SMILES string of the molecule is CCCCCCCCCCCC(=O)OC(=O)C(N)CCCNC(=N)N. The van der Waals surface area contributed by atoms with E-state index in [0.717, 1.165) is 19.3 Å². The van der Waals surface area contributed by atoms with Crippen LogP contribution in [0.1, 0.15) is 84.0 Å². The molecule has 0 aliphatic carbocycles. The highest BCUT2D eigenvalue weighted by Crippen LogP contribution is 2.11. The average molecular weight is 357 g/mol. The summed E-state index contributed by atoms with van der Waals surface area (Å²) in [7, 11) is 0. The normalized spacial score (nSPS) is 11.8. The second-order valence-corrected chi connectivity index (χ2v) is 6.46. The molecule has 0 spiro atoms. The fourth-order valence-corrected chi connectivity index (χ4v) is 2.48. The number of ether oxygens (including phenoxy) is 1. The van der Waals surface area contributed by atoms with E-state index in [9.17, 15) is 9.59 Å². The number of guanidine groups is 1. The number of hydrogen-bond acceptors (Lipinski definition) is 5. The van der Waals surface area contributed by atoms with Crippen LogP contribution in [0.4, 0.5) is 0 Å². The number of nitrogens with two attached hydrogens (primary N) is 2. The van der Waals surface area contributed by atoms with Gasteiger partial charge in [-0.1, -0.05) is 58.3 Å². The second-order valence-electron chi connectivity index (χ2n) is 6.46. The van der Waals surface area contributed by atoms with Crippen LogP contribution in [0.25, 0.3) is 0 Å². The van der Waals surface area contributed by atoms with Gasteiger partial charge in [0.1, 0.15) is 6.04 Å². The van der Waals surface area contributed by atoms with E-state index in [1.807, 2.05) is 0 Å². The number of rotatable bonds is 15. The summed E-state index contributed by atoms with van der Waals surface area (Å²) in [4.78, 5) is 23.3. The monoisotopic (exact) mass is 356 g/mol. The number of hydrogen-bond donors (Lipinski definition) is 4. The van der Waals surface area contributed by atoms with E-state index in [0.29, 0.717) is 19.4 Å². The van der Waals surface area contributed by atoms with Crippen molar-refractivity contribution in [3.8, 4) is 0 Å². The van der Waals surface area contributed by atoms with E-state index >= 15 is 0 Å². The van der Waals surface area contributed by atoms with Gasteiger partial charge in [0.25, 0.3) is 0 Å². The maximum atomic E-state index is 11.7. The lowest BCUT2D eigenvalue weighted by Crippen LogP contribution is -2.36. The Kier molecular flexibility index (Phi) is 14.8. The lowest BCUT2D eigenvalue weighted by molar-refractivity contribution is -0.160. The molecule has 0 heterocycles. The Balaban J connectivity index is 3.57. The first-order chi connectivity index (χ1) is 12.0. The Labute approximate surface area is 151 Å². The van der Waals surface area contributed by atoms with Crippen LogP contribution < -0.4 is 16.8 Å². The number of unbranched alkanes of at least 4 members (excludes halogenated alkanes) is 8. The maximum absolute atomic E-state index is 11.7. The molecule has 0 aromatic carbocycles. The lowest BCUT2D eigenvalue weighted by Gasteiger charge is -2.10. The fraction of sp³-hybridized carbons (Fsp3) is 0.833. The molecule has 0 saturated heterocycles. The van der Waals surface area contributed by atoms with Gasteiger partial charge in [-0.05, 0) is 19.3 Å². The van der Waals surface area contributed by atoms with Crippen LogP contribution in [0.2, 0.25) is 0 Å². The molecule has 25 heavy (non-hydrogen) atoms. The summed E-state index contributed by atoms with van der Waals surface area (Å²) >= 11 is 0. The quantitative estimate of drug-likeness (QED) is 0.117. The molecular formula is C18H36N4O3. The van der Waals surface area contributed by atoms with Crippen LogP contribution in [0.3, 0.4) is 0 Å². The zero-order chi connectivity index (χ0) is 18.9. The Hall–Kier alpha value is -1.63. The molecule has 0 amide bonds. The molecule has 0 saturated carbocycles. The molecular weight excluding hydrogens is 320 g/mol. The van der Waals surface area contributed by atoms with Crippen molar-refractivity contribution in [1.82, 2.24) is 5.32 Å². The molecule has 6 N–H and O–H groups in total. The minimum Gasteiger partial charge on any atom is -0.392 e. The number of esters is 2. The van der Waals surface area contributed by atoms with E-state index < -0.39 is 18.0 Å². The molecule has 0 aliphatic heterocycles. The van der Waals surface area contributed by atoms with Crippen LogP contribution in [0, 0.1) is 5.41 Å². The van der Waals surface area contributed by atoms with Crippen molar-refractivity contribution in [1.29, 1.82) is 5.41 Å². The first kappa shape index (κ1) is 23.4. The van der Waals surface area contributed by atoms with Crippen LogP contribution >= 0.6 is 0 Å². The van der Waals surface area contributed by atoms with E-state index in [1.165, 1.54) is 38.5 Å². The van der Waals surface area contributed by atoms with Crippen LogP contribution in [-0.2, 0) is 14.3 Å². The lowest BCUT2D eigenvalue weighted by atomic mass is 10.1. The van der Waals surface area contributed by atoms with Crippen molar-refractivity contribution < 1.29 is 14.3 Å². The molecule has 0 bridgehead atoms. The second kappa shape index (κ2) is 15.9. The Morgan fingerprint density at radius 2 is 1.56 bits per heavy atom. The van der Waals surface area contributed by atoms with E-state index in [-0.39, 0.29) is 12.4 Å². The largest absolute Gasteiger partial charge is 0.392 e. The van der Waals surface area contributed by atoms with E-state index in [4.69, 9.17) is 21.6 Å². The van der Waals surface area contributed by atoms with Crippen molar-refractivity contribution in [2.75, 3.05) is 6.54 Å². The van der Waals surface area contributed by atoms with Gasteiger partial charge >= 0.3 is 11.9 Å². The van der Waals surface area contributed by atoms with Gasteiger partial charge in [0.05, 0.1) is 0 Å². The van der Waals surface area contributed by atoms with Gasteiger partial charge in [-0.2, -0.15) is 0 Å². The minimum absolute atomic E-state index is 0.118. The third-order valence-corrected chi connectivity index (χ3v) is 4.01. The molecule has 0 radical (unpaired) electrons. The van der Waals surface area contributed by atoms with Crippen LogP contribution in [-0.4, -0.2) is 30.5 Å². The summed E-state index contributed by atoms with van der Waals surface area (Å²) < 4.78 is 4.77. The van der Waals surface area contributed by atoms with Gasteiger partial charge in [-0.3, -0.25) is 10.2 Å². The molecule has 0 rings (SSSR count). The number of nitrogens with one attached hydrogen (secondary N) is 2. The molecule has 0 aromatic heterocycles. The molecule has 146 valence electrons. The molecule has 1 unspecified atom stereocenters. The molecule has 0 fully saturated rings. The van der Waals surface area contributed by atoms with E-state index in [2.05, 4.69) is 12.2 Å². The van der Waals surface area contributed by atoms with Gasteiger partial charge in [-0.15, -0.1) is 0 Å². The first-order valence-electron chi connectivity index (χ1n) is 9.55. The molecule has 0 aliphatic rings. The summed E-state index contributed by atoms with van der Waals surface area (Å²) in [6.45, 7) is 2.67. The summed E-state index contributed by atoms with van der Waals surface area (Å²) in [5, 5.41) is 9.63. The van der Waals surface area contributed by atoms with Crippen molar-refractivity contribution in [3.05, 3.63) is 0 Å². The first-order valence-corrected chi connectivity index (χ1v) is 9.55. The topological polar surface area (TPSA) is 131 Å². The summed E-state index contributed by atoms with van der Waals surface area (Å²) in [5.41, 5.74) is 10.8. The van der Waals surface area contributed by atoms with Crippen molar-refractivity contribution in [2.24, 2.45) is 11.5 Å². The number of carbonyl (C=O) groups excluding carboxylic acids is 2. The summed E-state index contributed by atoms with van der Waals surface area (Å²) in [6.07, 6.45) is 11.7. The van der Waals surface area contributed by atoms with Crippen molar-refractivity contribution >= 4 is 17.9 Å². The molecule has 7 heteroatoms. The van der Waals surface area contributed by atoms with Crippen LogP contribution in [0.5, 0.6) is 0 Å². The highest BCUT2D eigenvalue weighted by molar-refractivity contribution is 5.88. The Morgan fingerprint density at radius 1 is 1.00 bits per heavy atom. The Morgan fingerprint density at radius 3 is 2.12 bits per heavy atom. The predicted octanol–water partition coefficient (Wildman–Crippen LogP) is 2.57. The average Bonchev–Trinajstić information content (AvgIpc) is 2.56. The molecule has 1 atom stereocenters. The fourth-order valence-electron chi connectivity index (χ4n) is 2.48. The third-order valence-electron chi connectivity index (χ3n) is 4.01. The highest BCUT2D eigenvalue weighted by Gasteiger charge is 2.18. The zero-order valence-electron chi connectivity index (χ0n) is 15.6. The highest BCUT2D eigenvalue weighted by atomic mass is 16.6. The molecule has 7 nitrogen and oxygen atoms in total. The Bertz CT molecular complexity index is 389. The zero-order valence-corrected chi connectivity index (χ0v) is 15.6. The van der Waals surface area contributed by atoms with Crippen molar-refractivity contribution in [2.45, 2.75) is 90.0 Å². The standard InChI is InChI=1S/C18H36N4O3/c1-2-3-4-5-6-7-8-9-10-13-16(23)25-17(24)15(19)12-11-14-22-18(20)21/h15H,2-14,19H2,1H3,(H4,20,21,22). The minimum atomic E-state index is -0.819. The van der Waals surface area contributed by atoms with Crippen LogP contribution in [0.15, 0.2) is 0 Å². The number of carbonyl (C=O) groups is 2. The smallest absolute Gasteiger partial charge is 0.330 e. The van der Waals surface area contributed by atoms with Gasteiger partial charge in [0.2, 0.25) is 0 Å². The van der Waals surface area contributed by atoms with Gasteiger partial charge in [-0.25, -0.2) is 4.79 Å². The van der Waals surface area contributed by atoms with Gasteiger partial charge in [0, 0.05) is 13.0 Å². The summed E-state index contributed by atoms with van der Waals surface area (Å²) in [6, 6.07) is -0.819. The predicted molar refractivity (Wildman–Crippen MR) is 100 cm³/mol.